The van der Waals surface area contributed by atoms with E-state index in [0.29, 0.717) is 48.1 Å². The van der Waals surface area contributed by atoms with Gasteiger partial charge in [0, 0.05) is 16.5 Å². The normalized spacial score (nSPS) is 17.1. The van der Waals surface area contributed by atoms with E-state index in [1.807, 2.05) is 4.90 Å². The second kappa shape index (κ2) is 6.57. The number of nitrogens with zero attached hydrogens (tertiary/aromatic N) is 1. The highest BCUT2D eigenvalue weighted by atomic mass is 35.5. The first-order valence-electron chi connectivity index (χ1n) is 6.47. The average molecular weight is 315 g/mol. The van der Waals surface area contributed by atoms with Crippen LogP contribution in [-0.2, 0) is 4.79 Å². The quantitative estimate of drug-likeness (QED) is 0.868. The Hall–Kier alpha value is -1.10. The number of Topliss-reactive ketones (excluding diaryl/α,β-unsaturated/α-hetero) is 1. The molecule has 0 atom stereocenters. The van der Waals surface area contributed by atoms with Crippen LogP contribution in [0.4, 0.5) is 0 Å². The Balaban J connectivity index is 1.94. The van der Waals surface area contributed by atoms with E-state index in [2.05, 4.69) is 0 Å². The summed E-state index contributed by atoms with van der Waals surface area (Å²) >= 11 is 11.8. The zero-order chi connectivity index (χ0) is 14.7. The van der Waals surface area contributed by atoms with Gasteiger partial charge < -0.3 is 5.73 Å². The van der Waals surface area contributed by atoms with Crippen LogP contribution in [-0.4, -0.2) is 36.2 Å². The maximum Gasteiger partial charge on any atom is 0.220 e. The highest BCUT2D eigenvalue weighted by molar-refractivity contribution is 6.36. The SMILES string of the molecule is NC(=O)C1CCN(CC(=O)c2ccc(Cl)cc2Cl)CC1. The Morgan fingerprint density at radius 1 is 1.25 bits per heavy atom. The van der Waals surface area contributed by atoms with E-state index in [-0.39, 0.29) is 17.6 Å². The van der Waals surface area contributed by atoms with Crippen molar-refractivity contribution in [3.05, 3.63) is 33.8 Å². The zero-order valence-corrected chi connectivity index (χ0v) is 12.5. The fourth-order valence-electron chi connectivity index (χ4n) is 2.38. The van der Waals surface area contributed by atoms with E-state index >= 15 is 0 Å². The maximum absolute atomic E-state index is 12.2. The zero-order valence-electron chi connectivity index (χ0n) is 10.9. The van der Waals surface area contributed by atoms with Crippen molar-refractivity contribution in [2.45, 2.75) is 12.8 Å². The van der Waals surface area contributed by atoms with Crippen molar-refractivity contribution in [3.8, 4) is 0 Å². The van der Waals surface area contributed by atoms with Crippen molar-refractivity contribution >= 4 is 34.9 Å². The highest BCUT2D eigenvalue weighted by Crippen LogP contribution is 2.22. The minimum atomic E-state index is -0.253. The lowest BCUT2D eigenvalue weighted by molar-refractivity contribution is -0.123. The Kier molecular flexibility index (Phi) is 5.02. The maximum atomic E-state index is 12.2. The first-order valence-corrected chi connectivity index (χ1v) is 7.23. The predicted molar refractivity (Wildman–Crippen MR) is 79.2 cm³/mol. The van der Waals surface area contributed by atoms with Gasteiger partial charge in [-0.25, -0.2) is 0 Å². The van der Waals surface area contributed by atoms with Crippen molar-refractivity contribution in [1.82, 2.24) is 4.90 Å². The lowest BCUT2D eigenvalue weighted by atomic mass is 9.96. The van der Waals surface area contributed by atoms with E-state index in [1.54, 1.807) is 18.2 Å². The standard InChI is InChI=1S/C14H16Cl2N2O2/c15-10-1-2-11(12(16)7-10)13(19)8-18-5-3-9(4-6-18)14(17)20/h1-2,7,9H,3-6,8H2,(H2,17,20). The van der Waals surface area contributed by atoms with Gasteiger partial charge >= 0.3 is 0 Å². The largest absolute Gasteiger partial charge is 0.369 e. The molecule has 1 aliphatic rings. The van der Waals surface area contributed by atoms with Gasteiger partial charge in [0.05, 0.1) is 11.6 Å². The van der Waals surface area contributed by atoms with Gasteiger partial charge in [-0.05, 0) is 44.1 Å². The van der Waals surface area contributed by atoms with Gasteiger partial charge in [-0.1, -0.05) is 23.2 Å². The number of rotatable bonds is 4. The van der Waals surface area contributed by atoms with E-state index < -0.39 is 0 Å². The number of carbonyl (C=O) groups excluding carboxylic acids is 2. The molecule has 1 saturated heterocycles. The lowest BCUT2D eigenvalue weighted by Crippen LogP contribution is -2.40. The molecule has 4 nitrogen and oxygen atoms in total. The Morgan fingerprint density at radius 3 is 2.45 bits per heavy atom. The predicted octanol–water partition coefficient (Wildman–Crippen LogP) is 2.37. The first-order chi connectivity index (χ1) is 9.47. The number of amides is 1. The molecular weight excluding hydrogens is 299 g/mol. The fourth-order valence-corrected chi connectivity index (χ4v) is 2.89. The molecule has 20 heavy (non-hydrogen) atoms. The van der Waals surface area contributed by atoms with Gasteiger partial charge in [0.1, 0.15) is 0 Å². The van der Waals surface area contributed by atoms with Crippen molar-refractivity contribution in [3.63, 3.8) is 0 Å². The van der Waals surface area contributed by atoms with E-state index in [4.69, 9.17) is 28.9 Å². The Morgan fingerprint density at radius 2 is 1.90 bits per heavy atom. The highest BCUT2D eigenvalue weighted by Gasteiger charge is 2.24. The minimum absolute atomic E-state index is 0.0378. The summed E-state index contributed by atoms with van der Waals surface area (Å²) in [5.41, 5.74) is 5.76. The number of halogens is 2. The topological polar surface area (TPSA) is 63.4 Å². The second-order valence-electron chi connectivity index (χ2n) is 5.00. The molecule has 6 heteroatoms. The number of nitrogens with two attached hydrogens (primary N) is 1. The summed E-state index contributed by atoms with van der Waals surface area (Å²) in [5, 5.41) is 0.878. The number of piperidine rings is 1. The number of hydrogen-bond acceptors (Lipinski definition) is 3. The fraction of sp³-hybridized carbons (Fsp3) is 0.429. The molecule has 1 aliphatic heterocycles. The van der Waals surface area contributed by atoms with Crippen molar-refractivity contribution in [2.75, 3.05) is 19.6 Å². The summed E-state index contributed by atoms with van der Waals surface area (Å²) in [4.78, 5) is 25.3. The third kappa shape index (κ3) is 3.72. The number of primary amides is 1. The molecule has 0 aromatic heterocycles. The van der Waals surface area contributed by atoms with Gasteiger partial charge in [0.2, 0.25) is 5.91 Å². The van der Waals surface area contributed by atoms with Gasteiger partial charge in [-0.3, -0.25) is 14.5 Å². The van der Waals surface area contributed by atoms with Gasteiger partial charge in [0.15, 0.2) is 5.78 Å². The third-order valence-electron chi connectivity index (χ3n) is 3.59. The molecule has 1 aromatic carbocycles. The number of ketones is 1. The number of carbonyl (C=O) groups is 2. The van der Waals surface area contributed by atoms with E-state index in [0.717, 1.165) is 0 Å². The summed E-state index contributed by atoms with van der Waals surface area (Å²) in [7, 11) is 0. The Labute approximate surface area is 127 Å². The number of hydrogen-bond donors (Lipinski definition) is 1. The lowest BCUT2D eigenvalue weighted by Gasteiger charge is -2.29. The van der Waals surface area contributed by atoms with E-state index in [9.17, 15) is 9.59 Å². The van der Waals surface area contributed by atoms with Crippen LogP contribution in [0.2, 0.25) is 10.0 Å². The van der Waals surface area contributed by atoms with Gasteiger partial charge in [0.25, 0.3) is 0 Å². The number of likely N-dealkylation sites (tertiary alicyclic amines) is 1. The van der Waals surface area contributed by atoms with Crippen molar-refractivity contribution in [1.29, 1.82) is 0 Å². The van der Waals surface area contributed by atoms with Crippen molar-refractivity contribution in [2.24, 2.45) is 11.7 Å². The minimum Gasteiger partial charge on any atom is -0.369 e. The number of benzene rings is 1. The van der Waals surface area contributed by atoms with Crippen LogP contribution in [0.15, 0.2) is 18.2 Å². The molecule has 0 bridgehead atoms. The smallest absolute Gasteiger partial charge is 0.220 e. The molecule has 1 amide bonds. The molecule has 0 radical (unpaired) electrons. The molecule has 0 aliphatic carbocycles. The molecule has 108 valence electrons. The van der Waals surface area contributed by atoms with Crippen LogP contribution in [0.5, 0.6) is 0 Å². The van der Waals surface area contributed by atoms with Crippen LogP contribution in [0, 0.1) is 5.92 Å². The van der Waals surface area contributed by atoms with Crippen LogP contribution >= 0.6 is 23.2 Å². The monoisotopic (exact) mass is 314 g/mol. The molecule has 2 rings (SSSR count). The molecule has 0 unspecified atom stereocenters. The molecule has 0 saturated carbocycles. The molecule has 2 N–H and O–H groups in total. The Bertz CT molecular complexity index is 526. The molecular formula is C14H16Cl2N2O2. The van der Waals surface area contributed by atoms with E-state index in [1.165, 1.54) is 0 Å². The van der Waals surface area contributed by atoms with Crippen LogP contribution < -0.4 is 5.73 Å². The summed E-state index contributed by atoms with van der Waals surface area (Å²) in [6, 6.07) is 4.86. The van der Waals surface area contributed by atoms with Crippen LogP contribution in [0.25, 0.3) is 0 Å². The van der Waals surface area contributed by atoms with Gasteiger partial charge in [-0.15, -0.1) is 0 Å². The van der Waals surface area contributed by atoms with Crippen molar-refractivity contribution < 1.29 is 9.59 Å². The second-order valence-corrected chi connectivity index (χ2v) is 5.84. The molecule has 1 heterocycles. The summed E-state index contributed by atoms with van der Waals surface area (Å²) in [6.07, 6.45) is 1.41. The first kappa shape index (κ1) is 15.3. The summed E-state index contributed by atoms with van der Waals surface area (Å²) in [5.74, 6) is -0.360. The van der Waals surface area contributed by atoms with Gasteiger partial charge in [-0.2, -0.15) is 0 Å². The summed E-state index contributed by atoms with van der Waals surface area (Å²) < 4.78 is 0. The molecule has 1 fully saturated rings. The molecule has 1 aromatic rings. The average Bonchev–Trinajstić information content (AvgIpc) is 2.39. The molecule has 0 spiro atoms. The van der Waals surface area contributed by atoms with Crippen LogP contribution in [0.3, 0.4) is 0 Å². The summed E-state index contributed by atoms with van der Waals surface area (Å²) in [6.45, 7) is 1.70. The third-order valence-corrected chi connectivity index (χ3v) is 4.14. The van der Waals surface area contributed by atoms with Crippen LogP contribution in [0.1, 0.15) is 23.2 Å².